The molecule has 0 aromatic heterocycles. The molecule has 0 amide bonds. The fraction of sp³-hybridized carbons (Fsp3) is 0.143. The first kappa shape index (κ1) is 20.6. The molecule has 0 N–H and O–H groups in total. The Bertz CT molecular complexity index is 932. The van der Waals surface area contributed by atoms with Gasteiger partial charge in [0.1, 0.15) is 17.5 Å². The standard InChI is InChI=1S/C19H10F6.C2H6/c1-9-4-14(21)18(15(22)5-9)10-2-3-12(13(20)6-10)11-7-16(23)19(25)17(24)8-11;1-2/h2-8H,1H3;1-2H3. The van der Waals surface area contributed by atoms with Crippen LogP contribution < -0.4 is 0 Å². The van der Waals surface area contributed by atoms with Gasteiger partial charge in [-0.2, -0.15) is 0 Å². The van der Waals surface area contributed by atoms with Crippen molar-refractivity contribution in [2.24, 2.45) is 0 Å². The minimum Gasteiger partial charge on any atom is -0.206 e. The molecule has 0 saturated heterocycles. The Morgan fingerprint density at radius 3 is 1.52 bits per heavy atom. The molecule has 142 valence electrons. The molecular formula is C21H16F6. The van der Waals surface area contributed by atoms with E-state index in [1.807, 2.05) is 13.8 Å². The lowest BCUT2D eigenvalue weighted by atomic mass is 9.98. The maximum Gasteiger partial charge on any atom is 0.194 e. The maximum atomic E-state index is 14.3. The first-order valence-corrected chi connectivity index (χ1v) is 8.18. The van der Waals surface area contributed by atoms with Gasteiger partial charge in [0, 0.05) is 5.56 Å². The first-order chi connectivity index (χ1) is 12.8. The van der Waals surface area contributed by atoms with Gasteiger partial charge in [0.2, 0.25) is 0 Å². The van der Waals surface area contributed by atoms with Gasteiger partial charge in [-0.1, -0.05) is 26.0 Å². The fourth-order valence-corrected chi connectivity index (χ4v) is 2.59. The number of aryl methyl sites for hydroxylation is 1. The maximum absolute atomic E-state index is 14.3. The molecule has 0 radical (unpaired) electrons. The minimum atomic E-state index is -1.66. The van der Waals surface area contributed by atoms with Crippen LogP contribution >= 0.6 is 0 Å². The zero-order chi connectivity index (χ0) is 20.3. The minimum absolute atomic E-state index is 0.0701. The second-order valence-corrected chi connectivity index (χ2v) is 5.55. The van der Waals surface area contributed by atoms with Gasteiger partial charge in [0.15, 0.2) is 17.5 Å². The zero-order valence-corrected chi connectivity index (χ0v) is 14.8. The first-order valence-electron chi connectivity index (χ1n) is 8.18. The number of benzene rings is 3. The summed E-state index contributed by atoms with van der Waals surface area (Å²) in [4.78, 5) is 0. The summed E-state index contributed by atoms with van der Waals surface area (Å²) in [5.41, 5.74) is -0.570. The van der Waals surface area contributed by atoms with E-state index in [-0.39, 0.29) is 16.7 Å². The predicted molar refractivity (Wildman–Crippen MR) is 93.1 cm³/mol. The summed E-state index contributed by atoms with van der Waals surface area (Å²) in [6, 6.07) is 6.69. The predicted octanol–water partition coefficient (Wildman–Crippen LogP) is 7.19. The number of rotatable bonds is 2. The average Bonchev–Trinajstić information content (AvgIpc) is 2.60. The van der Waals surface area contributed by atoms with Crippen LogP contribution in [-0.4, -0.2) is 0 Å². The lowest BCUT2D eigenvalue weighted by molar-refractivity contribution is 0.447. The van der Waals surface area contributed by atoms with Crippen LogP contribution in [0.4, 0.5) is 26.3 Å². The molecule has 27 heavy (non-hydrogen) atoms. The highest BCUT2D eigenvalue weighted by atomic mass is 19.2. The summed E-state index contributed by atoms with van der Waals surface area (Å²) in [5.74, 6) is -7.26. The Balaban J connectivity index is 0.00000126. The highest BCUT2D eigenvalue weighted by Crippen LogP contribution is 2.32. The molecule has 3 rings (SSSR count). The van der Waals surface area contributed by atoms with Crippen molar-refractivity contribution in [3.63, 3.8) is 0 Å². The molecule has 0 nitrogen and oxygen atoms in total. The molecule has 0 aliphatic heterocycles. The quantitative estimate of drug-likeness (QED) is 0.325. The fourth-order valence-electron chi connectivity index (χ4n) is 2.59. The van der Waals surface area contributed by atoms with Gasteiger partial charge in [-0.05, 0) is 53.9 Å². The summed E-state index contributed by atoms with van der Waals surface area (Å²) < 4.78 is 82.0. The summed E-state index contributed by atoms with van der Waals surface area (Å²) in [6.45, 7) is 5.51. The van der Waals surface area contributed by atoms with Gasteiger partial charge in [-0.3, -0.25) is 0 Å². The second-order valence-electron chi connectivity index (χ2n) is 5.55. The normalized spacial score (nSPS) is 10.4. The van der Waals surface area contributed by atoms with Gasteiger partial charge in [0.05, 0.1) is 5.56 Å². The van der Waals surface area contributed by atoms with Crippen molar-refractivity contribution in [3.05, 3.63) is 82.9 Å². The molecule has 3 aromatic carbocycles. The molecule has 3 aromatic rings. The van der Waals surface area contributed by atoms with Gasteiger partial charge >= 0.3 is 0 Å². The number of hydrogen-bond acceptors (Lipinski definition) is 0. The summed E-state index contributed by atoms with van der Waals surface area (Å²) >= 11 is 0. The highest BCUT2D eigenvalue weighted by Gasteiger charge is 2.17. The Morgan fingerprint density at radius 1 is 0.556 bits per heavy atom. The van der Waals surface area contributed by atoms with E-state index in [1.54, 1.807) is 0 Å². The third kappa shape index (κ3) is 4.15. The van der Waals surface area contributed by atoms with E-state index >= 15 is 0 Å². The van der Waals surface area contributed by atoms with E-state index < -0.39 is 40.5 Å². The van der Waals surface area contributed by atoms with Crippen molar-refractivity contribution in [3.8, 4) is 22.3 Å². The lowest BCUT2D eigenvalue weighted by Gasteiger charge is -2.10. The number of hydrogen-bond donors (Lipinski definition) is 0. The highest BCUT2D eigenvalue weighted by molar-refractivity contribution is 5.72. The zero-order valence-electron chi connectivity index (χ0n) is 14.8. The molecule has 0 fully saturated rings. The summed E-state index contributed by atoms with van der Waals surface area (Å²) in [6.07, 6.45) is 0. The Kier molecular flexibility index (Phi) is 6.31. The van der Waals surface area contributed by atoms with Crippen LogP contribution in [0.3, 0.4) is 0 Å². The third-order valence-corrected chi connectivity index (χ3v) is 3.74. The van der Waals surface area contributed by atoms with Crippen LogP contribution in [0.1, 0.15) is 19.4 Å². The molecule has 0 heterocycles. The second kappa shape index (κ2) is 8.29. The Hall–Kier alpha value is -2.76. The van der Waals surface area contributed by atoms with Crippen molar-refractivity contribution in [2.45, 2.75) is 20.8 Å². The van der Waals surface area contributed by atoms with Crippen LogP contribution in [0.5, 0.6) is 0 Å². The van der Waals surface area contributed by atoms with Crippen LogP contribution in [0.25, 0.3) is 22.3 Å². The molecule has 0 unspecified atom stereocenters. The molecule has 0 saturated carbocycles. The molecule has 0 atom stereocenters. The van der Waals surface area contributed by atoms with Crippen LogP contribution in [0.2, 0.25) is 0 Å². The van der Waals surface area contributed by atoms with Gasteiger partial charge in [-0.15, -0.1) is 0 Å². The van der Waals surface area contributed by atoms with Crippen molar-refractivity contribution in [1.82, 2.24) is 0 Å². The van der Waals surface area contributed by atoms with Crippen LogP contribution in [0.15, 0.2) is 42.5 Å². The van der Waals surface area contributed by atoms with Crippen molar-refractivity contribution in [1.29, 1.82) is 0 Å². The van der Waals surface area contributed by atoms with Crippen molar-refractivity contribution < 1.29 is 26.3 Å². The monoisotopic (exact) mass is 382 g/mol. The van der Waals surface area contributed by atoms with Crippen molar-refractivity contribution in [2.75, 3.05) is 0 Å². The van der Waals surface area contributed by atoms with E-state index in [2.05, 4.69) is 0 Å². The van der Waals surface area contributed by atoms with E-state index in [0.29, 0.717) is 17.7 Å². The van der Waals surface area contributed by atoms with Gasteiger partial charge in [0.25, 0.3) is 0 Å². The average molecular weight is 382 g/mol. The molecule has 0 bridgehead atoms. The molecule has 6 heteroatoms. The van der Waals surface area contributed by atoms with Crippen molar-refractivity contribution >= 4 is 0 Å². The lowest BCUT2D eigenvalue weighted by Crippen LogP contribution is -1.95. The van der Waals surface area contributed by atoms with Crippen LogP contribution in [0, 0.1) is 41.8 Å². The molecule has 0 spiro atoms. The van der Waals surface area contributed by atoms with E-state index in [4.69, 9.17) is 0 Å². The molecule has 0 aliphatic rings. The Morgan fingerprint density at radius 2 is 1.04 bits per heavy atom. The van der Waals surface area contributed by atoms with Crippen LogP contribution in [-0.2, 0) is 0 Å². The largest absolute Gasteiger partial charge is 0.206 e. The SMILES string of the molecule is CC.Cc1cc(F)c(-c2ccc(-c3cc(F)c(F)c(F)c3)c(F)c2)c(F)c1. The summed E-state index contributed by atoms with van der Waals surface area (Å²) in [5, 5.41) is 0. The molecular weight excluding hydrogens is 366 g/mol. The van der Waals surface area contributed by atoms with E-state index in [9.17, 15) is 26.3 Å². The van der Waals surface area contributed by atoms with E-state index in [1.165, 1.54) is 13.0 Å². The smallest absolute Gasteiger partial charge is 0.194 e. The summed E-state index contributed by atoms with van der Waals surface area (Å²) in [7, 11) is 0. The topological polar surface area (TPSA) is 0 Å². The third-order valence-electron chi connectivity index (χ3n) is 3.74. The van der Waals surface area contributed by atoms with E-state index in [0.717, 1.165) is 24.3 Å². The van der Waals surface area contributed by atoms with Gasteiger partial charge in [-0.25, -0.2) is 26.3 Å². The van der Waals surface area contributed by atoms with Gasteiger partial charge < -0.3 is 0 Å². The number of halogens is 6. The molecule has 0 aliphatic carbocycles. The Labute approximate surface area is 153 Å².